The third-order valence-corrected chi connectivity index (χ3v) is 8.00. The van der Waals surface area contributed by atoms with Crippen LogP contribution in [-0.4, -0.2) is 86.2 Å². The number of nitrogens with zero attached hydrogens (tertiary/aromatic N) is 7. The number of piperidine rings is 1. The van der Waals surface area contributed by atoms with E-state index in [1.807, 2.05) is 23.1 Å². The molecule has 3 aliphatic heterocycles. The number of fused-ring (bicyclic) bond motifs is 2. The molecule has 204 valence electrons. The van der Waals surface area contributed by atoms with Gasteiger partial charge in [-0.05, 0) is 43.0 Å². The van der Waals surface area contributed by atoms with Crippen molar-refractivity contribution in [2.45, 2.75) is 51.1 Å². The average Bonchev–Trinajstić information content (AvgIpc) is 3.37. The van der Waals surface area contributed by atoms with Crippen LogP contribution in [-0.2, 0) is 18.4 Å². The molecule has 3 aromatic rings. The molecule has 0 unspecified atom stereocenters. The summed E-state index contributed by atoms with van der Waals surface area (Å²) in [7, 11) is 1.65. The zero-order chi connectivity index (χ0) is 27.1. The average molecular weight is 532 g/mol. The Kier molecular flexibility index (Phi) is 6.32. The summed E-state index contributed by atoms with van der Waals surface area (Å²) < 4.78 is 5.35. The lowest BCUT2D eigenvalue weighted by atomic mass is 9.83. The number of urea groups is 1. The van der Waals surface area contributed by atoms with Crippen LogP contribution in [0.25, 0.3) is 0 Å². The van der Waals surface area contributed by atoms with Gasteiger partial charge in [0.15, 0.2) is 0 Å². The molecule has 12 nitrogen and oxygen atoms in total. The number of benzene rings is 1. The second-order valence-electron chi connectivity index (χ2n) is 11.0. The molecule has 0 bridgehead atoms. The summed E-state index contributed by atoms with van der Waals surface area (Å²) in [6.45, 7) is 7.20. The van der Waals surface area contributed by atoms with Gasteiger partial charge >= 0.3 is 6.03 Å². The third-order valence-electron chi connectivity index (χ3n) is 8.00. The molecular formula is C27H33N9O3. The first-order valence-corrected chi connectivity index (χ1v) is 13.3. The molecule has 0 radical (unpaired) electrons. The first kappa shape index (κ1) is 25.1. The van der Waals surface area contributed by atoms with Crippen molar-refractivity contribution in [1.82, 2.24) is 34.9 Å². The Bertz CT molecular complexity index is 1400. The lowest BCUT2D eigenvalue weighted by molar-refractivity contribution is 0.0671. The van der Waals surface area contributed by atoms with Crippen LogP contribution in [0.5, 0.6) is 5.75 Å². The number of aromatic nitrogens is 5. The van der Waals surface area contributed by atoms with Gasteiger partial charge < -0.3 is 24.8 Å². The fourth-order valence-electron chi connectivity index (χ4n) is 5.94. The summed E-state index contributed by atoms with van der Waals surface area (Å²) >= 11 is 0. The molecule has 2 aromatic heterocycles. The molecule has 0 atom stereocenters. The summed E-state index contributed by atoms with van der Waals surface area (Å²) in [6, 6.07) is 5.79. The van der Waals surface area contributed by atoms with Crippen molar-refractivity contribution in [1.29, 1.82) is 0 Å². The highest BCUT2D eigenvalue weighted by molar-refractivity contribution is 5.92. The first-order chi connectivity index (χ1) is 18.8. The molecule has 1 aromatic carbocycles. The van der Waals surface area contributed by atoms with Crippen LogP contribution in [0, 0.1) is 0 Å². The van der Waals surface area contributed by atoms with Crippen molar-refractivity contribution in [3.05, 3.63) is 53.4 Å². The molecule has 0 saturated carbocycles. The van der Waals surface area contributed by atoms with Crippen molar-refractivity contribution < 1.29 is 14.3 Å². The minimum Gasteiger partial charge on any atom is -0.497 e. The number of hydrogen-bond donors (Lipinski definition) is 2. The maximum atomic E-state index is 13.4. The van der Waals surface area contributed by atoms with Gasteiger partial charge in [-0.3, -0.25) is 9.89 Å². The minimum atomic E-state index is -0.245. The van der Waals surface area contributed by atoms with Gasteiger partial charge in [0, 0.05) is 61.1 Å². The van der Waals surface area contributed by atoms with Crippen LogP contribution in [0.15, 0.2) is 30.7 Å². The number of H-pyrrole nitrogens is 1. The standard InChI is InChI=1S/C27H33N9O3/c1-27(2)15-35(14-18-13-30-33-22(18)27)24(37)23-28-16-29-25(32-23)34-9-7-19(8-10-34)36-11-6-17-12-20(39-3)4-5-21(17)31-26(36)38/h4-5,12-13,16,19H,6-11,14-15H2,1-3H3,(H,30,33)(H,31,38). The molecule has 2 N–H and O–H groups in total. The SMILES string of the molecule is COc1ccc2c(c1)CCN(C1CCN(c3ncnc(C(=O)N4Cc5cn[nH]c5C(C)(C)C4)n3)CC1)C(=O)N2. The highest BCUT2D eigenvalue weighted by atomic mass is 16.5. The summed E-state index contributed by atoms with van der Waals surface area (Å²) in [5.41, 5.74) is 3.74. The molecule has 0 spiro atoms. The van der Waals surface area contributed by atoms with E-state index in [2.05, 4.69) is 49.2 Å². The lowest BCUT2D eigenvalue weighted by Crippen LogP contribution is -2.49. The maximum Gasteiger partial charge on any atom is 0.322 e. The Morgan fingerprint density at radius 2 is 1.95 bits per heavy atom. The number of carbonyl (C=O) groups is 2. The Labute approximate surface area is 226 Å². The molecule has 39 heavy (non-hydrogen) atoms. The van der Waals surface area contributed by atoms with Crippen molar-refractivity contribution in [2.75, 3.05) is 43.5 Å². The van der Waals surface area contributed by atoms with Crippen molar-refractivity contribution >= 4 is 23.6 Å². The van der Waals surface area contributed by atoms with Crippen LogP contribution in [0.4, 0.5) is 16.4 Å². The monoisotopic (exact) mass is 531 g/mol. The molecule has 3 amide bonds. The molecule has 1 saturated heterocycles. The number of ether oxygens (including phenoxy) is 1. The molecule has 12 heteroatoms. The van der Waals surface area contributed by atoms with E-state index in [-0.39, 0.29) is 29.2 Å². The summed E-state index contributed by atoms with van der Waals surface area (Å²) in [4.78, 5) is 45.3. The van der Waals surface area contributed by atoms with E-state index < -0.39 is 0 Å². The van der Waals surface area contributed by atoms with Gasteiger partial charge in [0.2, 0.25) is 11.8 Å². The quantitative estimate of drug-likeness (QED) is 0.525. The number of amides is 3. The van der Waals surface area contributed by atoms with E-state index in [0.717, 1.165) is 47.5 Å². The molecule has 1 fully saturated rings. The van der Waals surface area contributed by atoms with Gasteiger partial charge in [-0.1, -0.05) is 13.8 Å². The zero-order valence-electron chi connectivity index (χ0n) is 22.5. The predicted molar refractivity (Wildman–Crippen MR) is 144 cm³/mol. The van der Waals surface area contributed by atoms with Crippen molar-refractivity contribution in [2.24, 2.45) is 0 Å². The van der Waals surface area contributed by atoms with E-state index in [9.17, 15) is 9.59 Å². The molecule has 0 aliphatic carbocycles. The molecule has 6 rings (SSSR count). The fourth-order valence-corrected chi connectivity index (χ4v) is 5.94. The lowest BCUT2D eigenvalue weighted by Gasteiger charge is -2.38. The van der Waals surface area contributed by atoms with Gasteiger partial charge in [-0.2, -0.15) is 10.1 Å². The largest absolute Gasteiger partial charge is 0.497 e. The number of hydrogen-bond acceptors (Lipinski definition) is 8. The van der Waals surface area contributed by atoms with Crippen LogP contribution < -0.4 is 15.0 Å². The summed E-state index contributed by atoms with van der Waals surface area (Å²) in [5, 5.41) is 10.3. The number of methoxy groups -OCH3 is 1. The number of nitrogens with one attached hydrogen (secondary N) is 2. The second kappa shape index (κ2) is 9.83. The van der Waals surface area contributed by atoms with Crippen LogP contribution in [0.3, 0.4) is 0 Å². The first-order valence-electron chi connectivity index (χ1n) is 13.3. The smallest absolute Gasteiger partial charge is 0.322 e. The maximum absolute atomic E-state index is 13.4. The topological polar surface area (TPSA) is 132 Å². The highest BCUT2D eigenvalue weighted by Crippen LogP contribution is 2.32. The Morgan fingerprint density at radius 1 is 1.13 bits per heavy atom. The Morgan fingerprint density at radius 3 is 2.74 bits per heavy atom. The second-order valence-corrected chi connectivity index (χ2v) is 11.0. The van der Waals surface area contributed by atoms with Gasteiger partial charge in [0.1, 0.15) is 12.1 Å². The van der Waals surface area contributed by atoms with Gasteiger partial charge in [0.25, 0.3) is 5.91 Å². The Balaban J connectivity index is 1.10. The third kappa shape index (κ3) is 4.75. The van der Waals surface area contributed by atoms with Gasteiger partial charge in [-0.15, -0.1) is 0 Å². The molecule has 3 aliphatic rings. The van der Waals surface area contributed by atoms with Crippen LogP contribution in [0.1, 0.15) is 54.1 Å². The number of aromatic amines is 1. The van der Waals surface area contributed by atoms with E-state index in [0.29, 0.717) is 38.7 Å². The highest BCUT2D eigenvalue weighted by Gasteiger charge is 2.37. The van der Waals surface area contributed by atoms with E-state index in [1.54, 1.807) is 18.2 Å². The normalized spacial score (nSPS) is 19.2. The number of anilines is 2. The van der Waals surface area contributed by atoms with E-state index >= 15 is 0 Å². The summed E-state index contributed by atoms with van der Waals surface area (Å²) in [5.74, 6) is 1.21. The molecular weight excluding hydrogens is 498 g/mol. The summed E-state index contributed by atoms with van der Waals surface area (Å²) in [6.07, 6.45) is 5.52. The van der Waals surface area contributed by atoms with Crippen LogP contribution >= 0.6 is 0 Å². The van der Waals surface area contributed by atoms with Crippen molar-refractivity contribution in [3.63, 3.8) is 0 Å². The van der Waals surface area contributed by atoms with Crippen molar-refractivity contribution in [3.8, 4) is 5.75 Å². The fraction of sp³-hybridized carbons (Fsp3) is 0.481. The van der Waals surface area contributed by atoms with Gasteiger partial charge in [-0.25, -0.2) is 14.8 Å². The Hall–Kier alpha value is -4.22. The van der Waals surface area contributed by atoms with E-state index in [4.69, 9.17) is 4.74 Å². The number of carbonyl (C=O) groups excluding carboxylic acids is 2. The zero-order valence-corrected chi connectivity index (χ0v) is 22.5. The predicted octanol–water partition coefficient (Wildman–Crippen LogP) is 2.60. The molecule has 5 heterocycles. The minimum absolute atomic E-state index is 0.0735. The van der Waals surface area contributed by atoms with Gasteiger partial charge in [0.05, 0.1) is 13.3 Å². The van der Waals surface area contributed by atoms with E-state index in [1.165, 1.54) is 6.33 Å². The van der Waals surface area contributed by atoms with Crippen LogP contribution in [0.2, 0.25) is 0 Å². The number of rotatable bonds is 4.